The van der Waals surface area contributed by atoms with Crippen LogP contribution in [0, 0.1) is 0 Å². The molecule has 1 fully saturated rings. The molecule has 1 aromatic heterocycles. The quantitative estimate of drug-likeness (QED) is 0.859. The molecule has 1 atom stereocenters. The number of carbonyl (C=O) groups excluding carboxylic acids is 1. The minimum absolute atomic E-state index is 0.0376. The highest BCUT2D eigenvalue weighted by atomic mass is 16.1. The molecule has 19 heavy (non-hydrogen) atoms. The van der Waals surface area contributed by atoms with Gasteiger partial charge in [0, 0.05) is 25.3 Å². The van der Waals surface area contributed by atoms with Crippen molar-refractivity contribution in [3.63, 3.8) is 0 Å². The van der Waals surface area contributed by atoms with Crippen LogP contribution in [-0.2, 0) is 0 Å². The first-order valence-electron chi connectivity index (χ1n) is 6.89. The maximum atomic E-state index is 12.3. The van der Waals surface area contributed by atoms with Gasteiger partial charge in [-0.25, -0.2) is 4.98 Å². The lowest BCUT2D eigenvalue weighted by molar-refractivity contribution is 0.0913. The van der Waals surface area contributed by atoms with Gasteiger partial charge in [0.2, 0.25) is 0 Å². The minimum atomic E-state index is -0.0376. The second-order valence-electron chi connectivity index (χ2n) is 5.00. The third kappa shape index (κ3) is 3.67. The van der Waals surface area contributed by atoms with Crippen molar-refractivity contribution in [1.82, 2.24) is 15.2 Å². The molecular formula is C14H22N4O. The monoisotopic (exact) mass is 262 g/mol. The van der Waals surface area contributed by atoms with Crippen LogP contribution in [0.1, 0.15) is 30.1 Å². The van der Waals surface area contributed by atoms with Crippen LogP contribution in [0.4, 0.5) is 5.82 Å². The van der Waals surface area contributed by atoms with Gasteiger partial charge in [-0.2, -0.15) is 0 Å². The van der Waals surface area contributed by atoms with E-state index in [-0.39, 0.29) is 11.9 Å². The van der Waals surface area contributed by atoms with E-state index in [1.807, 2.05) is 13.0 Å². The van der Waals surface area contributed by atoms with Crippen molar-refractivity contribution < 1.29 is 4.79 Å². The molecule has 2 N–H and O–H groups in total. The number of likely N-dealkylation sites (tertiary alicyclic amines) is 1. The van der Waals surface area contributed by atoms with Crippen molar-refractivity contribution in [3.05, 3.63) is 23.9 Å². The molecule has 0 spiro atoms. The van der Waals surface area contributed by atoms with Crippen molar-refractivity contribution >= 4 is 11.7 Å². The molecule has 1 unspecified atom stereocenters. The molecule has 1 amide bonds. The van der Waals surface area contributed by atoms with Crippen LogP contribution in [0.3, 0.4) is 0 Å². The molecular weight excluding hydrogens is 240 g/mol. The number of rotatable bonds is 4. The first-order chi connectivity index (χ1) is 9.20. The Balaban J connectivity index is 2.03. The number of nitrogens with zero attached hydrogens (tertiary/aromatic N) is 2. The average molecular weight is 262 g/mol. The SMILES string of the molecule is CCNc1ncccc1C(=O)NC1CCCN(C)C1. The van der Waals surface area contributed by atoms with Gasteiger partial charge in [0.25, 0.3) is 5.91 Å². The van der Waals surface area contributed by atoms with Crippen LogP contribution in [0.25, 0.3) is 0 Å². The molecule has 0 saturated carbocycles. The zero-order valence-corrected chi connectivity index (χ0v) is 11.6. The molecule has 104 valence electrons. The van der Waals surface area contributed by atoms with Crippen molar-refractivity contribution in [3.8, 4) is 0 Å². The van der Waals surface area contributed by atoms with E-state index in [4.69, 9.17) is 0 Å². The summed E-state index contributed by atoms with van der Waals surface area (Å²) in [5.74, 6) is 0.621. The summed E-state index contributed by atoms with van der Waals surface area (Å²) in [6, 6.07) is 3.84. The summed E-state index contributed by atoms with van der Waals surface area (Å²) >= 11 is 0. The van der Waals surface area contributed by atoms with Crippen LogP contribution < -0.4 is 10.6 Å². The molecule has 5 nitrogen and oxygen atoms in total. The standard InChI is InChI=1S/C14H22N4O/c1-3-15-13-12(7-4-8-16-13)14(19)17-11-6-5-9-18(2)10-11/h4,7-8,11H,3,5-6,9-10H2,1-2H3,(H,15,16)(H,17,19). The van der Waals surface area contributed by atoms with E-state index in [1.165, 1.54) is 0 Å². The number of likely N-dealkylation sites (N-methyl/N-ethyl adjacent to an activating group) is 1. The first kappa shape index (κ1) is 13.8. The second-order valence-corrected chi connectivity index (χ2v) is 5.00. The highest BCUT2D eigenvalue weighted by molar-refractivity contribution is 5.98. The van der Waals surface area contributed by atoms with Gasteiger partial charge in [-0.15, -0.1) is 0 Å². The van der Waals surface area contributed by atoms with E-state index in [0.717, 1.165) is 32.5 Å². The number of aromatic nitrogens is 1. The molecule has 1 saturated heterocycles. The highest BCUT2D eigenvalue weighted by Gasteiger charge is 2.20. The number of amides is 1. The second kappa shape index (κ2) is 6.52. The summed E-state index contributed by atoms with van der Waals surface area (Å²) in [6.45, 7) is 4.78. The molecule has 0 aromatic carbocycles. The molecule has 1 aromatic rings. The molecule has 2 rings (SSSR count). The lowest BCUT2D eigenvalue weighted by Crippen LogP contribution is -2.46. The summed E-state index contributed by atoms with van der Waals surface area (Å²) < 4.78 is 0. The molecule has 0 radical (unpaired) electrons. The van der Waals surface area contributed by atoms with Gasteiger partial charge in [-0.1, -0.05) is 0 Å². The Morgan fingerprint density at radius 2 is 2.42 bits per heavy atom. The van der Waals surface area contributed by atoms with Crippen molar-refractivity contribution in [2.24, 2.45) is 0 Å². The van der Waals surface area contributed by atoms with E-state index in [0.29, 0.717) is 11.4 Å². The number of nitrogens with one attached hydrogen (secondary N) is 2. The predicted octanol–water partition coefficient (Wildman–Crippen LogP) is 1.34. The number of anilines is 1. The molecule has 2 heterocycles. The largest absolute Gasteiger partial charge is 0.370 e. The zero-order chi connectivity index (χ0) is 13.7. The summed E-state index contributed by atoms with van der Waals surface area (Å²) in [6.07, 6.45) is 3.88. The first-order valence-corrected chi connectivity index (χ1v) is 6.89. The van der Waals surface area contributed by atoms with Crippen molar-refractivity contribution in [2.75, 3.05) is 32.0 Å². The Labute approximate surface area is 114 Å². The molecule has 0 aliphatic carbocycles. The summed E-state index contributed by atoms with van der Waals surface area (Å²) in [5, 5.41) is 6.22. The van der Waals surface area contributed by atoms with Gasteiger partial charge in [0.15, 0.2) is 0 Å². The van der Waals surface area contributed by atoms with E-state index >= 15 is 0 Å². The highest BCUT2D eigenvalue weighted by Crippen LogP contribution is 2.13. The molecule has 1 aliphatic rings. The Morgan fingerprint density at radius 3 is 3.16 bits per heavy atom. The van der Waals surface area contributed by atoms with Crippen LogP contribution in [0.5, 0.6) is 0 Å². The van der Waals surface area contributed by atoms with Crippen LogP contribution in [-0.4, -0.2) is 48.5 Å². The fourth-order valence-corrected chi connectivity index (χ4v) is 2.44. The maximum Gasteiger partial charge on any atom is 0.255 e. The van der Waals surface area contributed by atoms with E-state index < -0.39 is 0 Å². The Bertz CT molecular complexity index is 435. The number of carbonyl (C=O) groups is 1. The number of hydrogen-bond acceptors (Lipinski definition) is 4. The number of piperidine rings is 1. The topological polar surface area (TPSA) is 57.3 Å². The van der Waals surface area contributed by atoms with Crippen LogP contribution in [0.2, 0.25) is 0 Å². The Morgan fingerprint density at radius 1 is 1.58 bits per heavy atom. The number of hydrogen-bond donors (Lipinski definition) is 2. The number of pyridine rings is 1. The van der Waals surface area contributed by atoms with Crippen LogP contribution in [0.15, 0.2) is 18.3 Å². The fourth-order valence-electron chi connectivity index (χ4n) is 2.44. The van der Waals surface area contributed by atoms with Gasteiger partial charge >= 0.3 is 0 Å². The van der Waals surface area contributed by atoms with E-state index in [9.17, 15) is 4.79 Å². The van der Waals surface area contributed by atoms with Gasteiger partial charge in [-0.3, -0.25) is 4.79 Å². The smallest absolute Gasteiger partial charge is 0.255 e. The summed E-state index contributed by atoms with van der Waals surface area (Å²) in [7, 11) is 2.09. The van der Waals surface area contributed by atoms with Crippen molar-refractivity contribution in [1.29, 1.82) is 0 Å². The van der Waals surface area contributed by atoms with Gasteiger partial charge in [0.1, 0.15) is 5.82 Å². The van der Waals surface area contributed by atoms with Gasteiger partial charge < -0.3 is 15.5 Å². The lowest BCUT2D eigenvalue weighted by Gasteiger charge is -2.30. The van der Waals surface area contributed by atoms with E-state index in [2.05, 4.69) is 27.6 Å². The summed E-state index contributed by atoms with van der Waals surface area (Å²) in [4.78, 5) is 18.8. The van der Waals surface area contributed by atoms with E-state index in [1.54, 1.807) is 12.3 Å². The molecule has 5 heteroatoms. The average Bonchev–Trinajstić information content (AvgIpc) is 2.39. The van der Waals surface area contributed by atoms with Gasteiger partial charge in [-0.05, 0) is 45.5 Å². The zero-order valence-electron chi connectivity index (χ0n) is 11.6. The third-order valence-electron chi connectivity index (χ3n) is 3.36. The fraction of sp³-hybridized carbons (Fsp3) is 0.571. The Kier molecular flexibility index (Phi) is 4.74. The molecule has 1 aliphatic heterocycles. The normalized spacial score (nSPS) is 20.0. The Hall–Kier alpha value is -1.62. The third-order valence-corrected chi connectivity index (χ3v) is 3.36. The molecule has 0 bridgehead atoms. The minimum Gasteiger partial charge on any atom is -0.370 e. The van der Waals surface area contributed by atoms with Crippen molar-refractivity contribution in [2.45, 2.75) is 25.8 Å². The summed E-state index contributed by atoms with van der Waals surface area (Å²) in [5.41, 5.74) is 0.623. The maximum absolute atomic E-state index is 12.3. The lowest BCUT2D eigenvalue weighted by atomic mass is 10.1. The predicted molar refractivity (Wildman–Crippen MR) is 76.4 cm³/mol. The van der Waals surface area contributed by atoms with Gasteiger partial charge in [0.05, 0.1) is 5.56 Å². The van der Waals surface area contributed by atoms with Crippen LogP contribution >= 0.6 is 0 Å².